The van der Waals surface area contributed by atoms with Gasteiger partial charge in [0.2, 0.25) is 5.91 Å². The number of hydrogen-bond acceptors (Lipinski definition) is 4. The predicted octanol–water partition coefficient (Wildman–Crippen LogP) is 4.80. The van der Waals surface area contributed by atoms with E-state index in [9.17, 15) is 14.4 Å². The Morgan fingerprint density at radius 2 is 1.71 bits per heavy atom. The van der Waals surface area contributed by atoms with Crippen molar-refractivity contribution < 1.29 is 24.2 Å². The molecule has 2 atom stereocenters. The van der Waals surface area contributed by atoms with E-state index in [2.05, 4.69) is 29.6 Å². The molecular weight excluding hydrogens is 444 g/mol. The summed E-state index contributed by atoms with van der Waals surface area (Å²) in [6, 6.07) is 16.2. The molecular formula is C28H34N2O5. The molecule has 4 rings (SSSR count). The van der Waals surface area contributed by atoms with Crippen molar-refractivity contribution in [2.24, 2.45) is 5.92 Å². The molecule has 1 saturated heterocycles. The SMILES string of the molecule is CC(CCC(=O)N1CCCCC1CC(=O)O)CNC(=O)OCC1c2ccccc2-c2ccccc21. The predicted molar refractivity (Wildman–Crippen MR) is 133 cm³/mol. The summed E-state index contributed by atoms with van der Waals surface area (Å²) in [6.07, 6.45) is 3.15. The van der Waals surface area contributed by atoms with E-state index in [0.717, 1.165) is 19.3 Å². The van der Waals surface area contributed by atoms with Gasteiger partial charge in [-0.15, -0.1) is 0 Å². The third-order valence-corrected chi connectivity index (χ3v) is 7.15. The summed E-state index contributed by atoms with van der Waals surface area (Å²) < 4.78 is 5.58. The van der Waals surface area contributed by atoms with E-state index in [1.54, 1.807) is 4.90 Å². The van der Waals surface area contributed by atoms with Gasteiger partial charge in [0.25, 0.3) is 0 Å². The molecule has 7 nitrogen and oxygen atoms in total. The molecule has 2 aliphatic rings. The highest BCUT2D eigenvalue weighted by atomic mass is 16.5. The first kappa shape index (κ1) is 24.8. The number of nitrogens with zero attached hydrogens (tertiary/aromatic N) is 1. The third-order valence-electron chi connectivity index (χ3n) is 7.15. The number of ether oxygens (including phenoxy) is 1. The van der Waals surface area contributed by atoms with Crippen LogP contribution in [0.2, 0.25) is 0 Å². The van der Waals surface area contributed by atoms with Crippen LogP contribution in [0.15, 0.2) is 48.5 Å². The van der Waals surface area contributed by atoms with Crippen molar-refractivity contribution in [2.45, 2.75) is 57.4 Å². The molecule has 0 aromatic heterocycles. The Balaban J connectivity index is 1.22. The zero-order valence-electron chi connectivity index (χ0n) is 20.2. The van der Waals surface area contributed by atoms with Gasteiger partial charge in [0.05, 0.1) is 6.42 Å². The molecule has 0 saturated carbocycles. The number of alkyl carbamates (subject to hydrolysis) is 1. The maximum Gasteiger partial charge on any atom is 0.407 e. The number of carbonyl (C=O) groups is 3. The van der Waals surface area contributed by atoms with Crippen LogP contribution in [0.1, 0.15) is 62.5 Å². The normalized spacial score (nSPS) is 17.9. The van der Waals surface area contributed by atoms with Gasteiger partial charge in [0, 0.05) is 31.5 Å². The summed E-state index contributed by atoms with van der Waals surface area (Å²) in [5.41, 5.74) is 4.73. The van der Waals surface area contributed by atoms with E-state index in [4.69, 9.17) is 9.84 Å². The number of benzene rings is 2. The van der Waals surface area contributed by atoms with Crippen LogP contribution < -0.4 is 5.32 Å². The fourth-order valence-electron chi connectivity index (χ4n) is 5.27. The molecule has 2 N–H and O–H groups in total. The standard InChI is InChI=1S/C28H34N2O5/c1-19(13-14-26(31)30-15-7-6-8-20(30)16-27(32)33)17-29-28(34)35-18-25-23-11-4-2-9-21(23)22-10-3-5-12-24(22)25/h2-5,9-12,19-20,25H,6-8,13-18H2,1H3,(H,29,34)(H,32,33). The number of fused-ring (bicyclic) bond motifs is 3. The molecule has 0 spiro atoms. The maximum absolute atomic E-state index is 12.7. The number of amides is 2. The molecule has 186 valence electrons. The molecule has 2 aromatic rings. The zero-order chi connectivity index (χ0) is 24.8. The van der Waals surface area contributed by atoms with Crippen LogP contribution in [-0.2, 0) is 14.3 Å². The first-order valence-corrected chi connectivity index (χ1v) is 12.5. The average Bonchev–Trinajstić information content (AvgIpc) is 3.18. The molecule has 35 heavy (non-hydrogen) atoms. The van der Waals surface area contributed by atoms with Gasteiger partial charge >= 0.3 is 12.1 Å². The van der Waals surface area contributed by atoms with Crippen molar-refractivity contribution in [3.05, 3.63) is 59.7 Å². The van der Waals surface area contributed by atoms with E-state index in [0.29, 0.717) is 25.9 Å². The van der Waals surface area contributed by atoms with Gasteiger partial charge in [0.1, 0.15) is 6.61 Å². The molecule has 1 fully saturated rings. The number of rotatable bonds is 9. The quantitative estimate of drug-likeness (QED) is 0.540. The van der Waals surface area contributed by atoms with Crippen LogP contribution in [0.3, 0.4) is 0 Å². The maximum atomic E-state index is 12.7. The van der Waals surface area contributed by atoms with Crippen molar-refractivity contribution >= 4 is 18.0 Å². The Morgan fingerprint density at radius 1 is 1.06 bits per heavy atom. The van der Waals surface area contributed by atoms with Gasteiger partial charge in [0.15, 0.2) is 0 Å². The highest BCUT2D eigenvalue weighted by Crippen LogP contribution is 2.44. The van der Waals surface area contributed by atoms with Gasteiger partial charge < -0.3 is 20.1 Å². The van der Waals surface area contributed by atoms with Crippen LogP contribution in [-0.4, -0.2) is 53.7 Å². The summed E-state index contributed by atoms with van der Waals surface area (Å²) >= 11 is 0. The molecule has 2 unspecified atom stereocenters. The summed E-state index contributed by atoms with van der Waals surface area (Å²) in [6.45, 7) is 3.31. The lowest BCUT2D eigenvalue weighted by Crippen LogP contribution is -2.44. The molecule has 0 radical (unpaired) electrons. The lowest BCUT2D eigenvalue weighted by molar-refractivity contribution is -0.142. The number of carboxylic acid groups (broad SMARTS) is 1. The molecule has 1 heterocycles. The lowest BCUT2D eigenvalue weighted by atomic mass is 9.97. The zero-order valence-corrected chi connectivity index (χ0v) is 20.2. The number of nitrogens with one attached hydrogen (secondary N) is 1. The van der Waals surface area contributed by atoms with Crippen molar-refractivity contribution in [3.8, 4) is 11.1 Å². The fraction of sp³-hybridized carbons (Fsp3) is 0.464. The lowest BCUT2D eigenvalue weighted by Gasteiger charge is -2.35. The molecule has 2 amide bonds. The van der Waals surface area contributed by atoms with Gasteiger partial charge in [-0.25, -0.2) is 4.79 Å². The molecule has 7 heteroatoms. The average molecular weight is 479 g/mol. The van der Waals surface area contributed by atoms with Gasteiger partial charge in [-0.05, 0) is 53.9 Å². The Bertz CT molecular complexity index is 1020. The second kappa shape index (κ2) is 11.4. The number of carboxylic acids is 1. The topological polar surface area (TPSA) is 95.9 Å². The van der Waals surface area contributed by atoms with E-state index in [-0.39, 0.29) is 36.8 Å². The number of hydrogen-bond donors (Lipinski definition) is 2. The Morgan fingerprint density at radius 3 is 2.37 bits per heavy atom. The fourth-order valence-corrected chi connectivity index (χ4v) is 5.27. The summed E-state index contributed by atoms with van der Waals surface area (Å²) in [5, 5.41) is 12.0. The van der Waals surface area contributed by atoms with Crippen LogP contribution in [0.25, 0.3) is 11.1 Å². The van der Waals surface area contributed by atoms with Crippen molar-refractivity contribution in [2.75, 3.05) is 19.7 Å². The Hall–Kier alpha value is -3.35. The van der Waals surface area contributed by atoms with Crippen LogP contribution in [0, 0.1) is 5.92 Å². The van der Waals surface area contributed by atoms with Crippen LogP contribution >= 0.6 is 0 Å². The molecule has 1 aliphatic heterocycles. The van der Waals surface area contributed by atoms with E-state index >= 15 is 0 Å². The smallest absolute Gasteiger partial charge is 0.407 e. The summed E-state index contributed by atoms with van der Waals surface area (Å²) in [4.78, 5) is 38.0. The van der Waals surface area contributed by atoms with Crippen molar-refractivity contribution in [1.29, 1.82) is 0 Å². The molecule has 0 bridgehead atoms. The highest BCUT2D eigenvalue weighted by molar-refractivity contribution is 5.79. The first-order valence-electron chi connectivity index (χ1n) is 12.5. The minimum absolute atomic E-state index is 0.00365. The molecule has 2 aromatic carbocycles. The number of likely N-dealkylation sites (tertiary alicyclic amines) is 1. The monoisotopic (exact) mass is 478 g/mol. The van der Waals surface area contributed by atoms with Crippen molar-refractivity contribution in [1.82, 2.24) is 10.2 Å². The van der Waals surface area contributed by atoms with Gasteiger partial charge in [-0.3, -0.25) is 9.59 Å². The van der Waals surface area contributed by atoms with Crippen LogP contribution in [0.5, 0.6) is 0 Å². The van der Waals surface area contributed by atoms with Crippen LogP contribution in [0.4, 0.5) is 4.79 Å². The molecule has 1 aliphatic carbocycles. The van der Waals surface area contributed by atoms with Gasteiger partial charge in [-0.1, -0.05) is 55.5 Å². The Kier molecular flexibility index (Phi) is 8.06. The second-order valence-electron chi connectivity index (χ2n) is 9.68. The number of piperidine rings is 1. The Labute approximate surface area is 206 Å². The minimum atomic E-state index is -0.865. The summed E-state index contributed by atoms with van der Waals surface area (Å²) in [5.74, 6) is -0.743. The second-order valence-corrected chi connectivity index (χ2v) is 9.68. The summed E-state index contributed by atoms with van der Waals surface area (Å²) in [7, 11) is 0. The van der Waals surface area contributed by atoms with E-state index < -0.39 is 12.1 Å². The first-order chi connectivity index (χ1) is 16.9. The van der Waals surface area contributed by atoms with Crippen molar-refractivity contribution in [3.63, 3.8) is 0 Å². The van der Waals surface area contributed by atoms with E-state index in [1.807, 2.05) is 31.2 Å². The highest BCUT2D eigenvalue weighted by Gasteiger charge is 2.30. The van der Waals surface area contributed by atoms with E-state index in [1.165, 1.54) is 22.3 Å². The van der Waals surface area contributed by atoms with Gasteiger partial charge in [-0.2, -0.15) is 0 Å². The third kappa shape index (κ3) is 6.02. The number of carbonyl (C=O) groups excluding carboxylic acids is 2. The number of aliphatic carboxylic acids is 1. The minimum Gasteiger partial charge on any atom is -0.481 e. The largest absolute Gasteiger partial charge is 0.481 e.